The molecule has 0 aliphatic carbocycles. The lowest BCUT2D eigenvalue weighted by molar-refractivity contribution is 0.0696. The van der Waals surface area contributed by atoms with Gasteiger partial charge in [0.1, 0.15) is 5.56 Å². The lowest BCUT2D eigenvalue weighted by Crippen LogP contribution is -2.02. The molecule has 0 aliphatic rings. The predicted octanol–water partition coefficient (Wildman–Crippen LogP) is 1.75. The Morgan fingerprint density at radius 2 is 2.06 bits per heavy atom. The first-order valence-electron chi connectivity index (χ1n) is 4.92. The average Bonchev–Trinajstić information content (AvgIpc) is 2.71. The van der Waals surface area contributed by atoms with Crippen molar-refractivity contribution in [1.82, 2.24) is 9.78 Å². The molecule has 0 saturated heterocycles. The zero-order valence-electron chi connectivity index (χ0n) is 9.08. The molecule has 1 aromatic carbocycles. The molecule has 84 valence electrons. The summed E-state index contributed by atoms with van der Waals surface area (Å²) < 4.78 is 1.53. The second-order valence-corrected chi connectivity index (χ2v) is 3.52. The van der Waals surface area contributed by atoms with E-state index in [1.807, 2.05) is 6.07 Å². The van der Waals surface area contributed by atoms with Crippen LogP contribution in [0.5, 0.6) is 0 Å². The van der Waals surface area contributed by atoms with E-state index in [0.29, 0.717) is 11.3 Å². The van der Waals surface area contributed by atoms with Gasteiger partial charge in [0.15, 0.2) is 0 Å². The lowest BCUT2D eigenvalue weighted by atomic mass is 10.2. The van der Waals surface area contributed by atoms with Crippen LogP contribution in [0.2, 0.25) is 0 Å². The smallest absolute Gasteiger partial charge is 0.339 e. The van der Waals surface area contributed by atoms with E-state index in [1.54, 1.807) is 31.2 Å². The third-order valence-corrected chi connectivity index (χ3v) is 2.48. The Balaban J connectivity index is 2.47. The molecule has 1 heterocycles. The molecule has 0 bridgehead atoms. The quantitative estimate of drug-likeness (QED) is 0.847. The summed E-state index contributed by atoms with van der Waals surface area (Å²) in [5, 5.41) is 21.6. The van der Waals surface area contributed by atoms with E-state index < -0.39 is 5.97 Å². The van der Waals surface area contributed by atoms with Gasteiger partial charge in [-0.3, -0.25) is 0 Å². The van der Waals surface area contributed by atoms with Crippen LogP contribution in [-0.4, -0.2) is 20.9 Å². The van der Waals surface area contributed by atoms with Crippen molar-refractivity contribution in [3.05, 3.63) is 47.3 Å². The largest absolute Gasteiger partial charge is 0.478 e. The van der Waals surface area contributed by atoms with Crippen molar-refractivity contribution in [3.8, 4) is 11.8 Å². The topological polar surface area (TPSA) is 78.9 Å². The van der Waals surface area contributed by atoms with E-state index in [0.717, 1.165) is 5.69 Å². The number of aromatic nitrogens is 2. The van der Waals surface area contributed by atoms with Crippen LogP contribution in [-0.2, 0) is 0 Å². The molecule has 0 aliphatic heterocycles. The maximum absolute atomic E-state index is 10.9. The summed E-state index contributed by atoms with van der Waals surface area (Å²) in [5.74, 6) is -0.998. The normalized spacial score (nSPS) is 9.88. The van der Waals surface area contributed by atoms with E-state index >= 15 is 0 Å². The summed E-state index contributed by atoms with van der Waals surface area (Å²) in [6.07, 6.45) is 1.32. The zero-order valence-corrected chi connectivity index (χ0v) is 9.08. The van der Waals surface area contributed by atoms with Crippen molar-refractivity contribution in [1.29, 1.82) is 5.26 Å². The van der Waals surface area contributed by atoms with E-state index in [-0.39, 0.29) is 5.56 Å². The molecule has 0 radical (unpaired) electrons. The average molecular weight is 227 g/mol. The maximum atomic E-state index is 10.9. The molecule has 2 aromatic rings. The summed E-state index contributed by atoms with van der Waals surface area (Å²) in [6.45, 7) is 1.69. The van der Waals surface area contributed by atoms with Gasteiger partial charge >= 0.3 is 5.97 Å². The molecule has 0 unspecified atom stereocenters. The van der Waals surface area contributed by atoms with Crippen molar-refractivity contribution >= 4 is 5.97 Å². The van der Waals surface area contributed by atoms with E-state index in [4.69, 9.17) is 10.4 Å². The molecule has 0 fully saturated rings. The highest BCUT2D eigenvalue weighted by molar-refractivity contribution is 5.88. The minimum atomic E-state index is -0.998. The Labute approximate surface area is 97.5 Å². The van der Waals surface area contributed by atoms with Crippen molar-refractivity contribution in [2.24, 2.45) is 0 Å². The van der Waals surface area contributed by atoms with E-state index in [1.165, 1.54) is 10.9 Å². The second-order valence-electron chi connectivity index (χ2n) is 3.52. The first kappa shape index (κ1) is 10.9. The fourth-order valence-electron chi connectivity index (χ4n) is 1.56. The molecular weight excluding hydrogens is 218 g/mol. The highest BCUT2D eigenvalue weighted by Crippen LogP contribution is 2.14. The molecule has 2 rings (SSSR count). The van der Waals surface area contributed by atoms with Crippen LogP contribution in [0.25, 0.3) is 5.69 Å². The Morgan fingerprint density at radius 1 is 1.41 bits per heavy atom. The van der Waals surface area contributed by atoms with E-state index in [9.17, 15) is 4.79 Å². The third-order valence-electron chi connectivity index (χ3n) is 2.48. The number of rotatable bonds is 2. The molecule has 0 saturated carbocycles. The van der Waals surface area contributed by atoms with Crippen LogP contribution in [0, 0.1) is 18.3 Å². The van der Waals surface area contributed by atoms with Gasteiger partial charge in [-0.2, -0.15) is 10.4 Å². The van der Waals surface area contributed by atoms with Crippen molar-refractivity contribution in [2.45, 2.75) is 6.92 Å². The number of nitriles is 1. The highest BCUT2D eigenvalue weighted by Gasteiger charge is 2.13. The van der Waals surface area contributed by atoms with Gasteiger partial charge in [0.05, 0.1) is 29.2 Å². The lowest BCUT2D eigenvalue weighted by Gasteiger charge is -2.04. The molecule has 0 amide bonds. The number of benzene rings is 1. The van der Waals surface area contributed by atoms with Crippen LogP contribution in [0.4, 0.5) is 0 Å². The van der Waals surface area contributed by atoms with Gasteiger partial charge in [0, 0.05) is 0 Å². The fourth-order valence-corrected chi connectivity index (χ4v) is 1.56. The van der Waals surface area contributed by atoms with Crippen LogP contribution in [0.1, 0.15) is 21.6 Å². The monoisotopic (exact) mass is 227 g/mol. The van der Waals surface area contributed by atoms with Gasteiger partial charge in [0.25, 0.3) is 0 Å². The summed E-state index contributed by atoms with van der Waals surface area (Å²) in [4.78, 5) is 10.9. The number of nitrogens with zero attached hydrogens (tertiary/aromatic N) is 3. The van der Waals surface area contributed by atoms with Gasteiger partial charge in [-0.05, 0) is 31.2 Å². The Bertz CT molecular complexity index is 606. The van der Waals surface area contributed by atoms with Crippen LogP contribution >= 0.6 is 0 Å². The summed E-state index contributed by atoms with van der Waals surface area (Å²) in [6, 6.07) is 8.80. The summed E-state index contributed by atoms with van der Waals surface area (Å²) in [7, 11) is 0. The summed E-state index contributed by atoms with van der Waals surface area (Å²) >= 11 is 0. The van der Waals surface area contributed by atoms with Crippen molar-refractivity contribution in [2.75, 3.05) is 0 Å². The molecule has 5 heteroatoms. The molecule has 1 N–H and O–H groups in total. The Kier molecular flexibility index (Phi) is 2.63. The zero-order chi connectivity index (χ0) is 12.4. The molecule has 0 spiro atoms. The van der Waals surface area contributed by atoms with Gasteiger partial charge < -0.3 is 5.11 Å². The fraction of sp³-hybridized carbons (Fsp3) is 0.0833. The first-order chi connectivity index (χ1) is 8.13. The highest BCUT2D eigenvalue weighted by atomic mass is 16.4. The van der Waals surface area contributed by atoms with Crippen LogP contribution in [0.15, 0.2) is 30.5 Å². The molecule has 0 atom stereocenters. The van der Waals surface area contributed by atoms with Gasteiger partial charge in [-0.25, -0.2) is 9.48 Å². The molecule has 17 heavy (non-hydrogen) atoms. The standard InChI is InChI=1S/C12H9N3O2/c1-8-11(12(16)17)7-14-15(8)10-4-2-9(6-13)3-5-10/h2-5,7H,1H3,(H,16,17). The number of carboxylic acids is 1. The number of carboxylic acid groups (broad SMARTS) is 1. The number of hydrogen-bond donors (Lipinski definition) is 1. The minimum Gasteiger partial charge on any atom is -0.478 e. The number of hydrogen-bond acceptors (Lipinski definition) is 3. The second kappa shape index (κ2) is 4.10. The number of carbonyl (C=O) groups is 1. The van der Waals surface area contributed by atoms with E-state index in [2.05, 4.69) is 5.10 Å². The molecular formula is C12H9N3O2. The predicted molar refractivity (Wildman–Crippen MR) is 60.0 cm³/mol. The maximum Gasteiger partial charge on any atom is 0.339 e. The van der Waals surface area contributed by atoms with Crippen LogP contribution in [0.3, 0.4) is 0 Å². The first-order valence-corrected chi connectivity index (χ1v) is 4.92. The van der Waals surface area contributed by atoms with Gasteiger partial charge in [-0.15, -0.1) is 0 Å². The Hall–Kier alpha value is -2.61. The summed E-state index contributed by atoms with van der Waals surface area (Å²) in [5.41, 5.74) is 2.02. The minimum absolute atomic E-state index is 0.175. The van der Waals surface area contributed by atoms with Gasteiger partial charge in [-0.1, -0.05) is 0 Å². The SMILES string of the molecule is Cc1c(C(=O)O)cnn1-c1ccc(C#N)cc1. The molecule has 1 aromatic heterocycles. The van der Waals surface area contributed by atoms with Crippen molar-refractivity contribution < 1.29 is 9.90 Å². The van der Waals surface area contributed by atoms with Gasteiger partial charge in [0.2, 0.25) is 0 Å². The van der Waals surface area contributed by atoms with Crippen LogP contribution < -0.4 is 0 Å². The molecule has 5 nitrogen and oxygen atoms in total. The number of aromatic carboxylic acids is 1. The third kappa shape index (κ3) is 1.88. The van der Waals surface area contributed by atoms with Crippen molar-refractivity contribution in [3.63, 3.8) is 0 Å². The Morgan fingerprint density at radius 3 is 2.53 bits per heavy atom.